The van der Waals surface area contributed by atoms with Crippen LogP contribution in [0.25, 0.3) is 0 Å². The van der Waals surface area contributed by atoms with Crippen molar-refractivity contribution in [2.24, 2.45) is 11.8 Å². The molecule has 26 heavy (non-hydrogen) atoms. The molecule has 0 radical (unpaired) electrons. The number of nitrogens with zero attached hydrogens (tertiary/aromatic N) is 2. The van der Waals surface area contributed by atoms with E-state index in [4.69, 9.17) is 0 Å². The minimum atomic E-state index is -0.911. The van der Waals surface area contributed by atoms with Gasteiger partial charge in [0.1, 0.15) is 0 Å². The van der Waals surface area contributed by atoms with Crippen LogP contribution in [0.2, 0.25) is 0 Å². The Morgan fingerprint density at radius 1 is 1.19 bits per heavy atom. The molecule has 1 amide bonds. The molecule has 2 atom stereocenters. The maximum Gasteiger partial charge on any atom is 0.306 e. The van der Waals surface area contributed by atoms with Crippen molar-refractivity contribution in [1.82, 2.24) is 5.32 Å². The fraction of sp³-hybridized carbons (Fsp3) is 0.500. The fourth-order valence-electron chi connectivity index (χ4n) is 3.31. The van der Waals surface area contributed by atoms with Gasteiger partial charge in [-0.15, -0.1) is 0 Å². The lowest BCUT2D eigenvalue weighted by atomic mass is 9.79. The first-order chi connectivity index (χ1) is 12.2. The van der Waals surface area contributed by atoms with Crippen molar-refractivity contribution in [1.29, 1.82) is 0 Å². The number of carbonyl (C=O) groups is 2. The van der Waals surface area contributed by atoms with Gasteiger partial charge >= 0.3 is 5.97 Å². The highest BCUT2D eigenvalue weighted by Gasteiger charge is 2.31. The summed E-state index contributed by atoms with van der Waals surface area (Å²) in [5, 5.41) is 33.9. The highest BCUT2D eigenvalue weighted by atomic mass is 16.6. The molecule has 10 heteroatoms. The van der Waals surface area contributed by atoms with Crippen LogP contribution in [0, 0.1) is 39.0 Å². The average molecular weight is 365 g/mol. The molecule has 0 aromatic heterocycles. The lowest BCUT2D eigenvalue weighted by Gasteiger charge is -2.28. The molecule has 0 aliphatic heterocycles. The molecule has 0 spiro atoms. The third-order valence-electron chi connectivity index (χ3n) is 4.77. The number of aliphatic carboxylic acids is 1. The van der Waals surface area contributed by atoms with E-state index in [0.29, 0.717) is 12.8 Å². The summed E-state index contributed by atoms with van der Waals surface area (Å²) in [6.07, 6.45) is 2.88. The molecule has 2 rings (SSSR count). The second kappa shape index (κ2) is 7.89. The van der Waals surface area contributed by atoms with Crippen LogP contribution in [-0.2, 0) is 4.79 Å². The molecule has 0 saturated heterocycles. The van der Waals surface area contributed by atoms with Gasteiger partial charge in [-0.1, -0.05) is 12.8 Å². The summed E-state index contributed by atoms with van der Waals surface area (Å²) in [6.45, 7) is 1.45. The first kappa shape index (κ1) is 19.3. The normalized spacial score (nSPS) is 19.6. The van der Waals surface area contributed by atoms with Gasteiger partial charge in [-0.05, 0) is 25.7 Å². The third kappa shape index (κ3) is 4.13. The van der Waals surface area contributed by atoms with E-state index in [9.17, 15) is 34.9 Å². The molecule has 1 fully saturated rings. The van der Waals surface area contributed by atoms with Gasteiger partial charge in [0.15, 0.2) is 0 Å². The predicted molar refractivity (Wildman–Crippen MR) is 89.9 cm³/mol. The van der Waals surface area contributed by atoms with Gasteiger partial charge in [-0.25, -0.2) is 0 Å². The number of hydrogen-bond acceptors (Lipinski definition) is 6. The van der Waals surface area contributed by atoms with Crippen LogP contribution in [0.1, 0.15) is 41.6 Å². The van der Waals surface area contributed by atoms with E-state index < -0.39 is 39.0 Å². The smallest absolute Gasteiger partial charge is 0.306 e. The van der Waals surface area contributed by atoms with Crippen LogP contribution in [0.5, 0.6) is 0 Å². The first-order valence-corrected chi connectivity index (χ1v) is 8.16. The van der Waals surface area contributed by atoms with Crippen molar-refractivity contribution in [2.75, 3.05) is 6.54 Å². The van der Waals surface area contributed by atoms with Crippen LogP contribution >= 0.6 is 0 Å². The molecule has 0 unspecified atom stereocenters. The van der Waals surface area contributed by atoms with Crippen LogP contribution in [-0.4, -0.2) is 33.4 Å². The van der Waals surface area contributed by atoms with Crippen molar-refractivity contribution in [3.8, 4) is 0 Å². The van der Waals surface area contributed by atoms with E-state index in [1.54, 1.807) is 0 Å². The van der Waals surface area contributed by atoms with Crippen LogP contribution in [0.3, 0.4) is 0 Å². The number of benzene rings is 1. The van der Waals surface area contributed by atoms with E-state index in [-0.39, 0.29) is 23.6 Å². The highest BCUT2D eigenvalue weighted by Crippen LogP contribution is 2.31. The largest absolute Gasteiger partial charge is 0.481 e. The number of rotatable bonds is 6. The van der Waals surface area contributed by atoms with E-state index in [0.717, 1.165) is 25.0 Å². The van der Waals surface area contributed by atoms with E-state index in [1.807, 2.05) is 0 Å². The molecule has 1 aliphatic carbocycles. The number of non-ortho nitro benzene ring substituents is 1. The average Bonchev–Trinajstić information content (AvgIpc) is 2.59. The Morgan fingerprint density at radius 2 is 1.85 bits per heavy atom. The minimum absolute atomic E-state index is 0.0246. The Morgan fingerprint density at radius 3 is 2.42 bits per heavy atom. The summed E-state index contributed by atoms with van der Waals surface area (Å²) in [6, 6.07) is 1.81. The van der Waals surface area contributed by atoms with Crippen molar-refractivity contribution >= 4 is 23.3 Å². The molecule has 10 nitrogen and oxygen atoms in total. The van der Waals surface area contributed by atoms with Crippen molar-refractivity contribution in [2.45, 2.75) is 32.6 Å². The Balaban J connectivity index is 2.22. The Labute approximate surface area is 148 Å². The molecule has 1 aliphatic rings. The van der Waals surface area contributed by atoms with Gasteiger partial charge in [0.25, 0.3) is 17.3 Å². The molecule has 0 heterocycles. The fourth-order valence-corrected chi connectivity index (χ4v) is 3.31. The second-order valence-electron chi connectivity index (χ2n) is 6.35. The molecular weight excluding hydrogens is 346 g/mol. The molecular formula is C16H19N3O7. The number of nitro benzene ring substituents is 2. The van der Waals surface area contributed by atoms with Gasteiger partial charge < -0.3 is 10.4 Å². The number of carboxylic acid groups (broad SMARTS) is 1. The monoisotopic (exact) mass is 365 g/mol. The van der Waals surface area contributed by atoms with Gasteiger partial charge in [-0.2, -0.15) is 0 Å². The number of nitrogens with one attached hydrogen (secondary N) is 1. The first-order valence-electron chi connectivity index (χ1n) is 8.16. The topological polar surface area (TPSA) is 153 Å². The van der Waals surface area contributed by atoms with Crippen molar-refractivity contribution in [3.63, 3.8) is 0 Å². The zero-order valence-electron chi connectivity index (χ0n) is 14.1. The number of nitro groups is 2. The quantitative estimate of drug-likeness (QED) is 0.580. The summed E-state index contributed by atoms with van der Waals surface area (Å²) >= 11 is 0. The number of hydrogen-bond donors (Lipinski definition) is 2. The molecule has 1 saturated carbocycles. The maximum absolute atomic E-state index is 12.4. The summed E-state index contributed by atoms with van der Waals surface area (Å²) in [5.41, 5.74) is -1.19. The highest BCUT2D eigenvalue weighted by molar-refractivity contribution is 5.97. The summed E-state index contributed by atoms with van der Waals surface area (Å²) < 4.78 is 0. The standard InChI is InChI=1S/C16H19N3O7/c1-9-13(6-11(18(23)24)7-14(9)19(25)26)15(20)17-8-10-4-2-3-5-12(10)16(21)22/h6-7,10,12H,2-5,8H2,1H3,(H,17,20)(H,21,22)/t10-,12-/m0/s1. The van der Waals surface area contributed by atoms with E-state index in [2.05, 4.69) is 5.32 Å². The van der Waals surface area contributed by atoms with Gasteiger partial charge in [-0.3, -0.25) is 29.8 Å². The minimum Gasteiger partial charge on any atom is -0.481 e. The van der Waals surface area contributed by atoms with Crippen LogP contribution in [0.4, 0.5) is 11.4 Å². The zero-order chi connectivity index (χ0) is 19.4. The lowest BCUT2D eigenvalue weighted by Crippen LogP contribution is -2.37. The maximum atomic E-state index is 12.4. The Kier molecular flexibility index (Phi) is 5.86. The lowest BCUT2D eigenvalue weighted by molar-refractivity contribution is -0.394. The summed E-state index contributed by atoms with van der Waals surface area (Å²) in [7, 11) is 0. The van der Waals surface area contributed by atoms with E-state index in [1.165, 1.54) is 6.92 Å². The van der Waals surface area contributed by atoms with Gasteiger partial charge in [0.2, 0.25) is 0 Å². The molecule has 140 valence electrons. The number of carbonyl (C=O) groups excluding carboxylic acids is 1. The van der Waals surface area contributed by atoms with Crippen LogP contribution < -0.4 is 5.32 Å². The van der Waals surface area contributed by atoms with Crippen molar-refractivity contribution < 1.29 is 24.5 Å². The van der Waals surface area contributed by atoms with Crippen LogP contribution in [0.15, 0.2) is 12.1 Å². The third-order valence-corrected chi connectivity index (χ3v) is 4.77. The second-order valence-corrected chi connectivity index (χ2v) is 6.35. The Bertz CT molecular complexity index is 762. The SMILES string of the molecule is Cc1c(C(=O)NC[C@@H]2CCCC[C@@H]2C(=O)O)cc([N+](=O)[O-])cc1[N+](=O)[O-]. The molecule has 2 N–H and O–H groups in total. The van der Waals surface area contributed by atoms with Gasteiger partial charge in [0.05, 0.1) is 27.4 Å². The molecule has 0 bridgehead atoms. The molecule has 1 aromatic rings. The van der Waals surface area contributed by atoms with Gasteiger partial charge in [0, 0.05) is 18.2 Å². The zero-order valence-corrected chi connectivity index (χ0v) is 14.1. The summed E-state index contributed by atoms with van der Waals surface area (Å²) in [4.78, 5) is 44.2. The Hall–Kier alpha value is -3.04. The molecule has 1 aromatic carbocycles. The number of carboxylic acids is 1. The summed E-state index contributed by atoms with van der Waals surface area (Å²) in [5.74, 6) is -2.39. The number of amides is 1. The predicted octanol–water partition coefficient (Wildman–Crippen LogP) is 2.43. The van der Waals surface area contributed by atoms with E-state index >= 15 is 0 Å². The van der Waals surface area contributed by atoms with Crippen molar-refractivity contribution in [3.05, 3.63) is 43.5 Å².